The monoisotopic (exact) mass is 462 g/mol. The molecule has 0 saturated heterocycles. The van der Waals surface area contributed by atoms with Gasteiger partial charge in [0.1, 0.15) is 5.75 Å². The summed E-state index contributed by atoms with van der Waals surface area (Å²) in [6.45, 7) is -0.180. The van der Waals surface area contributed by atoms with Crippen LogP contribution in [0.2, 0.25) is 0 Å². The maximum Gasteiger partial charge on any atom is 0.262 e. The molecule has 0 aliphatic rings. The average Bonchev–Trinajstić information content (AvgIpc) is 3.26. The second-order valence-corrected chi connectivity index (χ2v) is 7.83. The predicted molar refractivity (Wildman–Crippen MR) is 131 cm³/mol. The van der Waals surface area contributed by atoms with Crippen LogP contribution in [0.4, 0.5) is 10.8 Å². The van der Waals surface area contributed by atoms with E-state index in [0.717, 1.165) is 15.8 Å². The summed E-state index contributed by atoms with van der Waals surface area (Å²) < 4.78 is 17.4. The molecule has 0 saturated carbocycles. The van der Waals surface area contributed by atoms with Gasteiger partial charge in [-0.25, -0.2) is 4.98 Å². The van der Waals surface area contributed by atoms with Crippen LogP contribution in [0.5, 0.6) is 17.2 Å². The lowest BCUT2D eigenvalue weighted by molar-refractivity contribution is -0.118. The Hall–Kier alpha value is -4.11. The molecule has 4 aromatic rings. The number of para-hydroxylation sites is 3. The minimum absolute atomic E-state index is 0.180. The molecule has 0 fully saturated rings. The van der Waals surface area contributed by atoms with Crippen molar-refractivity contribution in [2.75, 3.05) is 31.6 Å². The highest BCUT2D eigenvalue weighted by Crippen LogP contribution is 2.28. The molecule has 0 aliphatic carbocycles. The molecular formula is C24H22N4O4S. The lowest BCUT2D eigenvalue weighted by Gasteiger charge is -2.12. The van der Waals surface area contributed by atoms with Crippen molar-refractivity contribution >= 4 is 44.5 Å². The Morgan fingerprint density at radius 3 is 2.61 bits per heavy atom. The number of carbonyl (C=O) groups is 1. The Morgan fingerprint density at radius 2 is 1.79 bits per heavy atom. The first-order valence-electron chi connectivity index (χ1n) is 10.0. The highest BCUT2D eigenvalue weighted by Gasteiger charge is 2.11. The van der Waals surface area contributed by atoms with E-state index in [1.807, 2.05) is 42.5 Å². The third kappa shape index (κ3) is 5.58. The molecule has 1 amide bonds. The molecule has 168 valence electrons. The molecule has 9 heteroatoms. The molecule has 0 radical (unpaired) electrons. The number of rotatable bonds is 9. The fraction of sp³-hybridized carbons (Fsp3) is 0.125. The SMILES string of the molecule is COc1ccccc1NC(=O)COc1ccc(/C=N/Nc2nc3ccccc3s2)cc1OC. The van der Waals surface area contributed by atoms with Gasteiger partial charge in [-0.05, 0) is 48.0 Å². The number of amides is 1. The van der Waals surface area contributed by atoms with Crippen molar-refractivity contribution in [2.45, 2.75) is 0 Å². The van der Waals surface area contributed by atoms with E-state index in [9.17, 15) is 4.79 Å². The second kappa shape index (κ2) is 10.5. The van der Waals surface area contributed by atoms with Crippen LogP contribution in [0.25, 0.3) is 10.2 Å². The topological polar surface area (TPSA) is 94.1 Å². The van der Waals surface area contributed by atoms with E-state index in [4.69, 9.17) is 14.2 Å². The standard InChI is InChI=1S/C24H22N4O4S/c1-30-19-9-5-3-7-17(19)26-23(29)15-32-20-12-11-16(13-21(20)31-2)14-25-28-24-27-18-8-4-6-10-22(18)33-24/h3-14H,15H2,1-2H3,(H,26,29)(H,27,28)/b25-14+. The number of carbonyl (C=O) groups excluding carboxylic acids is 1. The van der Waals surface area contributed by atoms with Gasteiger partial charge in [0, 0.05) is 0 Å². The summed E-state index contributed by atoms with van der Waals surface area (Å²) in [4.78, 5) is 16.8. The van der Waals surface area contributed by atoms with Crippen molar-refractivity contribution in [2.24, 2.45) is 5.10 Å². The number of fused-ring (bicyclic) bond motifs is 1. The molecule has 0 unspecified atom stereocenters. The fourth-order valence-corrected chi connectivity index (χ4v) is 3.86. The van der Waals surface area contributed by atoms with Gasteiger partial charge in [-0.15, -0.1) is 0 Å². The number of hydrazone groups is 1. The number of methoxy groups -OCH3 is 2. The largest absolute Gasteiger partial charge is 0.495 e. The lowest BCUT2D eigenvalue weighted by atomic mass is 10.2. The van der Waals surface area contributed by atoms with Gasteiger partial charge in [0.15, 0.2) is 18.1 Å². The summed E-state index contributed by atoms with van der Waals surface area (Å²) in [5, 5.41) is 7.73. The third-order valence-electron chi connectivity index (χ3n) is 4.60. The normalized spacial score (nSPS) is 10.8. The highest BCUT2D eigenvalue weighted by molar-refractivity contribution is 7.22. The summed E-state index contributed by atoms with van der Waals surface area (Å²) in [7, 11) is 3.09. The Labute approximate surface area is 194 Å². The fourth-order valence-electron chi connectivity index (χ4n) is 3.04. The van der Waals surface area contributed by atoms with Gasteiger partial charge in [0.05, 0.1) is 36.3 Å². The van der Waals surface area contributed by atoms with E-state index >= 15 is 0 Å². The molecule has 2 N–H and O–H groups in total. The molecule has 0 spiro atoms. The lowest BCUT2D eigenvalue weighted by Crippen LogP contribution is -2.20. The molecule has 8 nitrogen and oxygen atoms in total. The van der Waals surface area contributed by atoms with E-state index in [1.54, 1.807) is 37.6 Å². The van der Waals surface area contributed by atoms with E-state index in [-0.39, 0.29) is 12.5 Å². The van der Waals surface area contributed by atoms with Gasteiger partial charge in [0.2, 0.25) is 5.13 Å². The van der Waals surface area contributed by atoms with Gasteiger partial charge in [0.25, 0.3) is 5.91 Å². The average molecular weight is 463 g/mol. The minimum Gasteiger partial charge on any atom is -0.495 e. The van der Waals surface area contributed by atoms with Gasteiger partial charge < -0.3 is 19.5 Å². The number of hydrogen-bond donors (Lipinski definition) is 2. The van der Waals surface area contributed by atoms with Crippen molar-refractivity contribution in [3.63, 3.8) is 0 Å². The molecule has 4 rings (SSSR count). The number of ether oxygens (including phenoxy) is 3. The molecule has 0 atom stereocenters. The number of thiazole rings is 1. The van der Waals surface area contributed by atoms with E-state index in [1.165, 1.54) is 18.4 Å². The van der Waals surface area contributed by atoms with Crippen LogP contribution in [-0.4, -0.2) is 37.9 Å². The Kier molecular flexibility index (Phi) is 7.01. The zero-order chi connectivity index (χ0) is 23.0. The number of hydrogen-bond acceptors (Lipinski definition) is 8. The van der Waals surface area contributed by atoms with Gasteiger partial charge in [-0.2, -0.15) is 5.10 Å². The van der Waals surface area contributed by atoms with Crippen LogP contribution in [-0.2, 0) is 4.79 Å². The summed E-state index contributed by atoms with van der Waals surface area (Å²) in [5.41, 5.74) is 5.25. The number of benzene rings is 3. The van der Waals surface area contributed by atoms with Crippen LogP contribution in [0.3, 0.4) is 0 Å². The molecule has 33 heavy (non-hydrogen) atoms. The smallest absolute Gasteiger partial charge is 0.262 e. The number of aromatic nitrogens is 1. The first-order valence-corrected chi connectivity index (χ1v) is 10.9. The second-order valence-electron chi connectivity index (χ2n) is 6.80. The summed E-state index contributed by atoms with van der Waals surface area (Å²) >= 11 is 1.53. The van der Waals surface area contributed by atoms with Gasteiger partial charge in [-0.1, -0.05) is 35.6 Å². The highest BCUT2D eigenvalue weighted by atomic mass is 32.1. The van der Waals surface area contributed by atoms with Crippen molar-refractivity contribution in [3.8, 4) is 17.2 Å². The molecule has 1 heterocycles. The van der Waals surface area contributed by atoms with Crippen molar-refractivity contribution in [1.82, 2.24) is 4.98 Å². The summed E-state index contributed by atoms with van der Waals surface area (Å²) in [5.74, 6) is 1.20. The number of anilines is 2. The quantitative estimate of drug-likeness (QED) is 0.275. The zero-order valence-corrected chi connectivity index (χ0v) is 18.9. The van der Waals surface area contributed by atoms with Gasteiger partial charge >= 0.3 is 0 Å². The van der Waals surface area contributed by atoms with Crippen LogP contribution in [0.1, 0.15) is 5.56 Å². The first-order chi connectivity index (χ1) is 16.2. The van der Waals surface area contributed by atoms with E-state index in [2.05, 4.69) is 20.8 Å². The van der Waals surface area contributed by atoms with Crippen LogP contribution in [0, 0.1) is 0 Å². The minimum atomic E-state index is -0.313. The predicted octanol–water partition coefficient (Wildman–Crippen LogP) is 4.78. The zero-order valence-electron chi connectivity index (χ0n) is 18.1. The van der Waals surface area contributed by atoms with Crippen molar-refractivity contribution < 1.29 is 19.0 Å². The molecular weight excluding hydrogens is 440 g/mol. The van der Waals surface area contributed by atoms with E-state index in [0.29, 0.717) is 28.1 Å². The Bertz CT molecular complexity index is 1260. The van der Waals surface area contributed by atoms with Crippen LogP contribution < -0.4 is 25.0 Å². The van der Waals surface area contributed by atoms with Gasteiger partial charge in [-0.3, -0.25) is 10.2 Å². The Morgan fingerprint density at radius 1 is 1.00 bits per heavy atom. The van der Waals surface area contributed by atoms with E-state index < -0.39 is 0 Å². The molecule has 0 aliphatic heterocycles. The summed E-state index contributed by atoms with van der Waals surface area (Å²) in [6.07, 6.45) is 1.66. The maximum atomic E-state index is 12.3. The first kappa shape index (κ1) is 22.1. The molecule has 3 aromatic carbocycles. The van der Waals surface area contributed by atoms with Crippen LogP contribution >= 0.6 is 11.3 Å². The number of nitrogens with one attached hydrogen (secondary N) is 2. The molecule has 0 bridgehead atoms. The van der Waals surface area contributed by atoms with Crippen LogP contribution in [0.15, 0.2) is 71.8 Å². The number of nitrogens with zero attached hydrogens (tertiary/aromatic N) is 2. The molecule has 1 aromatic heterocycles. The van der Waals surface area contributed by atoms with Crippen molar-refractivity contribution in [1.29, 1.82) is 0 Å². The Balaban J connectivity index is 1.36. The third-order valence-corrected chi connectivity index (χ3v) is 5.54. The summed E-state index contributed by atoms with van der Waals surface area (Å²) in [6, 6.07) is 20.4. The maximum absolute atomic E-state index is 12.3. The van der Waals surface area contributed by atoms with Crippen molar-refractivity contribution in [3.05, 3.63) is 72.3 Å².